The van der Waals surface area contributed by atoms with Crippen LogP contribution in [0.2, 0.25) is 0 Å². The van der Waals surface area contributed by atoms with Crippen molar-refractivity contribution in [3.05, 3.63) is 67.2 Å². The summed E-state index contributed by atoms with van der Waals surface area (Å²) in [6.45, 7) is 4.16. The Hall–Kier alpha value is -2.10. The predicted octanol–water partition coefficient (Wildman–Crippen LogP) is 1.47. The molecule has 0 fully saturated rings. The standard InChI is InChI=1S/C14H16N2O2/c1-9-4-3-5-10(2)12(9)7-6-11-8-13(17)14(18)16-15-11/h3-5,8H,6-7H2,1-2H3,(H,15,17)(H,16,18). The highest BCUT2D eigenvalue weighted by atomic mass is 16.2. The quantitative estimate of drug-likeness (QED) is 0.803. The largest absolute Gasteiger partial charge is 0.310 e. The zero-order chi connectivity index (χ0) is 13.1. The van der Waals surface area contributed by atoms with Crippen LogP contribution in [-0.2, 0) is 12.8 Å². The fraction of sp³-hybridized carbons (Fsp3) is 0.286. The van der Waals surface area contributed by atoms with E-state index in [2.05, 4.69) is 36.2 Å². The van der Waals surface area contributed by atoms with Crippen LogP contribution in [0.3, 0.4) is 0 Å². The van der Waals surface area contributed by atoms with Gasteiger partial charge in [-0.3, -0.25) is 14.7 Å². The minimum atomic E-state index is -0.606. The molecule has 0 radical (unpaired) electrons. The van der Waals surface area contributed by atoms with Crippen LogP contribution in [0.1, 0.15) is 22.4 Å². The van der Waals surface area contributed by atoms with Gasteiger partial charge in [-0.05, 0) is 43.4 Å². The number of benzene rings is 1. The van der Waals surface area contributed by atoms with E-state index in [1.807, 2.05) is 6.07 Å². The van der Waals surface area contributed by atoms with Crippen molar-refractivity contribution < 1.29 is 0 Å². The zero-order valence-corrected chi connectivity index (χ0v) is 10.5. The van der Waals surface area contributed by atoms with E-state index in [0.717, 1.165) is 12.1 Å². The van der Waals surface area contributed by atoms with Crippen molar-refractivity contribution in [2.75, 3.05) is 0 Å². The zero-order valence-electron chi connectivity index (χ0n) is 10.5. The molecule has 4 heteroatoms. The van der Waals surface area contributed by atoms with Gasteiger partial charge in [0.25, 0.3) is 0 Å². The lowest BCUT2D eigenvalue weighted by molar-refractivity contribution is 0.832. The van der Waals surface area contributed by atoms with Crippen molar-refractivity contribution in [2.24, 2.45) is 0 Å². The van der Waals surface area contributed by atoms with Gasteiger partial charge < -0.3 is 5.10 Å². The molecule has 0 amide bonds. The topological polar surface area (TPSA) is 65.7 Å². The molecular formula is C14H16N2O2. The second-order valence-corrected chi connectivity index (χ2v) is 4.48. The Morgan fingerprint density at radius 3 is 2.28 bits per heavy atom. The fourth-order valence-corrected chi connectivity index (χ4v) is 2.10. The maximum atomic E-state index is 11.2. The van der Waals surface area contributed by atoms with Crippen LogP contribution in [0.4, 0.5) is 0 Å². The molecular weight excluding hydrogens is 228 g/mol. The number of hydrogen-bond donors (Lipinski definition) is 2. The molecule has 4 nitrogen and oxygen atoms in total. The second-order valence-electron chi connectivity index (χ2n) is 4.48. The number of aryl methyl sites for hydroxylation is 3. The molecule has 0 atom stereocenters. The number of hydrogen-bond acceptors (Lipinski definition) is 2. The Balaban J connectivity index is 2.19. The molecule has 2 aromatic rings. The molecule has 0 saturated carbocycles. The highest BCUT2D eigenvalue weighted by Crippen LogP contribution is 2.15. The van der Waals surface area contributed by atoms with Gasteiger partial charge in [-0.15, -0.1) is 0 Å². The number of aromatic nitrogens is 2. The molecule has 0 aliphatic carbocycles. The summed E-state index contributed by atoms with van der Waals surface area (Å²) in [7, 11) is 0. The SMILES string of the molecule is Cc1cccc(C)c1CCc1cc(=O)c(=O)[nH][nH]1. The van der Waals surface area contributed by atoms with Crippen molar-refractivity contribution in [3.63, 3.8) is 0 Å². The first-order valence-corrected chi connectivity index (χ1v) is 5.94. The van der Waals surface area contributed by atoms with Gasteiger partial charge in [0.1, 0.15) is 0 Å². The van der Waals surface area contributed by atoms with Crippen molar-refractivity contribution in [2.45, 2.75) is 26.7 Å². The Bertz CT molecular complexity index is 648. The van der Waals surface area contributed by atoms with E-state index in [4.69, 9.17) is 0 Å². The van der Waals surface area contributed by atoms with E-state index >= 15 is 0 Å². The third-order valence-corrected chi connectivity index (χ3v) is 3.15. The monoisotopic (exact) mass is 244 g/mol. The van der Waals surface area contributed by atoms with Crippen LogP contribution < -0.4 is 11.0 Å². The van der Waals surface area contributed by atoms with Crippen LogP contribution in [0, 0.1) is 13.8 Å². The molecule has 2 N–H and O–H groups in total. The first-order chi connectivity index (χ1) is 8.58. The molecule has 0 aliphatic heterocycles. The number of H-pyrrole nitrogens is 2. The van der Waals surface area contributed by atoms with Gasteiger partial charge in [0.15, 0.2) is 0 Å². The van der Waals surface area contributed by atoms with Gasteiger partial charge in [-0.1, -0.05) is 18.2 Å². The summed E-state index contributed by atoms with van der Waals surface area (Å²) >= 11 is 0. The number of aromatic amines is 2. The summed E-state index contributed by atoms with van der Waals surface area (Å²) in [5, 5.41) is 5.09. The fourth-order valence-electron chi connectivity index (χ4n) is 2.10. The van der Waals surface area contributed by atoms with Crippen molar-refractivity contribution >= 4 is 0 Å². The van der Waals surface area contributed by atoms with Crippen LogP contribution in [0.5, 0.6) is 0 Å². The van der Waals surface area contributed by atoms with E-state index in [1.165, 1.54) is 22.8 Å². The number of nitrogens with one attached hydrogen (secondary N) is 2. The smallest absolute Gasteiger partial charge is 0.302 e. The highest BCUT2D eigenvalue weighted by molar-refractivity contribution is 5.33. The van der Waals surface area contributed by atoms with Crippen molar-refractivity contribution in [3.8, 4) is 0 Å². The normalized spacial score (nSPS) is 10.6. The van der Waals surface area contributed by atoms with Crippen molar-refractivity contribution in [1.82, 2.24) is 10.2 Å². The summed E-state index contributed by atoms with van der Waals surface area (Å²) in [6.07, 6.45) is 1.55. The Morgan fingerprint density at radius 1 is 1.00 bits per heavy atom. The lowest BCUT2D eigenvalue weighted by atomic mass is 9.98. The lowest BCUT2D eigenvalue weighted by Gasteiger charge is -2.09. The maximum Gasteiger partial charge on any atom is 0.310 e. The van der Waals surface area contributed by atoms with E-state index in [0.29, 0.717) is 6.42 Å². The maximum absolute atomic E-state index is 11.2. The summed E-state index contributed by atoms with van der Waals surface area (Å²) in [4.78, 5) is 22.2. The third kappa shape index (κ3) is 2.59. The van der Waals surface area contributed by atoms with E-state index < -0.39 is 11.0 Å². The molecule has 1 aromatic heterocycles. The van der Waals surface area contributed by atoms with Crippen LogP contribution >= 0.6 is 0 Å². The first-order valence-electron chi connectivity index (χ1n) is 5.94. The van der Waals surface area contributed by atoms with Gasteiger partial charge in [-0.2, -0.15) is 0 Å². The van der Waals surface area contributed by atoms with Gasteiger partial charge in [0.05, 0.1) is 0 Å². The van der Waals surface area contributed by atoms with Gasteiger partial charge in [-0.25, -0.2) is 0 Å². The van der Waals surface area contributed by atoms with Gasteiger partial charge >= 0.3 is 5.56 Å². The molecule has 0 unspecified atom stereocenters. The van der Waals surface area contributed by atoms with Crippen LogP contribution in [-0.4, -0.2) is 10.2 Å². The predicted molar refractivity (Wildman–Crippen MR) is 71.0 cm³/mol. The molecule has 18 heavy (non-hydrogen) atoms. The molecule has 2 rings (SSSR count). The second kappa shape index (κ2) is 5.04. The molecule has 1 aromatic carbocycles. The van der Waals surface area contributed by atoms with Crippen LogP contribution in [0.15, 0.2) is 33.9 Å². The number of rotatable bonds is 3. The minimum absolute atomic E-state index is 0.495. The molecule has 1 heterocycles. The van der Waals surface area contributed by atoms with E-state index in [1.54, 1.807) is 0 Å². The lowest BCUT2D eigenvalue weighted by Crippen LogP contribution is -2.27. The van der Waals surface area contributed by atoms with E-state index in [-0.39, 0.29) is 0 Å². The minimum Gasteiger partial charge on any atom is -0.302 e. The van der Waals surface area contributed by atoms with E-state index in [9.17, 15) is 9.59 Å². The molecule has 0 saturated heterocycles. The Kier molecular flexibility index (Phi) is 3.46. The third-order valence-electron chi connectivity index (χ3n) is 3.15. The summed E-state index contributed by atoms with van der Waals surface area (Å²) in [5.41, 5.74) is 3.45. The highest BCUT2D eigenvalue weighted by Gasteiger charge is 2.04. The molecule has 0 aliphatic rings. The Labute approximate surface area is 105 Å². The average Bonchev–Trinajstić information content (AvgIpc) is 2.33. The van der Waals surface area contributed by atoms with Gasteiger partial charge in [0, 0.05) is 11.8 Å². The van der Waals surface area contributed by atoms with Crippen LogP contribution in [0.25, 0.3) is 0 Å². The molecule has 0 spiro atoms. The molecule has 0 bridgehead atoms. The Morgan fingerprint density at radius 2 is 1.67 bits per heavy atom. The summed E-state index contributed by atoms with van der Waals surface area (Å²) < 4.78 is 0. The summed E-state index contributed by atoms with van der Waals surface area (Å²) in [5.74, 6) is 0. The van der Waals surface area contributed by atoms with Crippen molar-refractivity contribution in [1.29, 1.82) is 0 Å². The first kappa shape index (κ1) is 12.4. The van der Waals surface area contributed by atoms with Gasteiger partial charge in [0.2, 0.25) is 5.43 Å². The molecule has 94 valence electrons. The average molecular weight is 244 g/mol. The summed E-state index contributed by atoms with van der Waals surface area (Å²) in [6, 6.07) is 7.57.